The van der Waals surface area contributed by atoms with Gasteiger partial charge in [-0.05, 0) is 19.9 Å². The van der Waals surface area contributed by atoms with E-state index < -0.39 is 0 Å². The summed E-state index contributed by atoms with van der Waals surface area (Å²) in [6.07, 6.45) is 0.841. The molecule has 0 atom stereocenters. The fourth-order valence-electron chi connectivity index (χ4n) is 1.64. The van der Waals surface area contributed by atoms with E-state index in [2.05, 4.69) is 5.10 Å². The van der Waals surface area contributed by atoms with Crippen molar-refractivity contribution in [2.45, 2.75) is 20.4 Å². The molecule has 1 aromatic carbocycles. The fourth-order valence-corrected chi connectivity index (χ4v) is 1.64. The van der Waals surface area contributed by atoms with Gasteiger partial charge < -0.3 is 0 Å². The van der Waals surface area contributed by atoms with Gasteiger partial charge in [0.15, 0.2) is 6.29 Å². The van der Waals surface area contributed by atoms with Gasteiger partial charge in [0.05, 0.1) is 5.69 Å². The molecule has 82 valence electrons. The van der Waals surface area contributed by atoms with Crippen molar-refractivity contribution >= 4 is 6.29 Å². The van der Waals surface area contributed by atoms with Gasteiger partial charge in [0.25, 0.3) is 0 Å². The van der Waals surface area contributed by atoms with Crippen LogP contribution in [0.15, 0.2) is 30.3 Å². The summed E-state index contributed by atoms with van der Waals surface area (Å²) in [5, 5.41) is 4.38. The van der Waals surface area contributed by atoms with E-state index in [1.165, 1.54) is 5.56 Å². The van der Waals surface area contributed by atoms with Crippen molar-refractivity contribution in [1.82, 2.24) is 9.78 Å². The molecule has 0 aliphatic heterocycles. The zero-order valence-electron chi connectivity index (χ0n) is 9.47. The Morgan fingerprint density at radius 3 is 2.50 bits per heavy atom. The van der Waals surface area contributed by atoms with Crippen molar-refractivity contribution in [3.05, 3.63) is 41.6 Å². The second kappa shape index (κ2) is 4.31. The first-order valence-corrected chi connectivity index (χ1v) is 5.34. The molecule has 0 saturated carbocycles. The Kier molecular flexibility index (Phi) is 2.86. The Bertz CT molecular complexity index is 497. The summed E-state index contributed by atoms with van der Waals surface area (Å²) in [7, 11) is 0. The first kappa shape index (κ1) is 10.6. The summed E-state index contributed by atoms with van der Waals surface area (Å²) in [5.41, 5.74) is 3.73. The highest BCUT2D eigenvalue weighted by Gasteiger charge is 2.07. The Morgan fingerprint density at radius 1 is 1.31 bits per heavy atom. The molecule has 0 saturated heterocycles. The van der Waals surface area contributed by atoms with E-state index >= 15 is 0 Å². The molecular formula is C13H14N2O. The molecule has 0 unspecified atom stereocenters. The highest BCUT2D eigenvalue weighted by molar-refractivity contribution is 5.75. The Balaban J connectivity index is 2.44. The zero-order valence-corrected chi connectivity index (χ0v) is 9.47. The number of nitrogens with zero attached hydrogens (tertiary/aromatic N) is 2. The molecule has 0 aliphatic carbocycles. The largest absolute Gasteiger partial charge is 0.296 e. The molecular weight excluding hydrogens is 200 g/mol. The SMILES string of the molecule is CCn1nc(-c2ccc(C)cc2)cc1C=O. The number of aryl methyl sites for hydroxylation is 2. The van der Waals surface area contributed by atoms with E-state index in [0.717, 1.165) is 17.5 Å². The van der Waals surface area contributed by atoms with Gasteiger partial charge in [0, 0.05) is 12.1 Å². The summed E-state index contributed by atoms with van der Waals surface area (Å²) in [6, 6.07) is 9.95. The number of hydrogen-bond acceptors (Lipinski definition) is 2. The van der Waals surface area contributed by atoms with Crippen molar-refractivity contribution < 1.29 is 4.79 Å². The van der Waals surface area contributed by atoms with Crippen LogP contribution in [0.2, 0.25) is 0 Å². The fraction of sp³-hybridized carbons (Fsp3) is 0.231. The molecule has 0 aliphatic rings. The average molecular weight is 214 g/mol. The number of rotatable bonds is 3. The molecule has 3 nitrogen and oxygen atoms in total. The third-order valence-corrected chi connectivity index (χ3v) is 2.58. The normalized spacial score (nSPS) is 10.4. The zero-order chi connectivity index (χ0) is 11.5. The number of benzene rings is 1. The Labute approximate surface area is 94.7 Å². The summed E-state index contributed by atoms with van der Waals surface area (Å²) in [4.78, 5) is 10.8. The first-order valence-electron chi connectivity index (χ1n) is 5.34. The third kappa shape index (κ3) is 1.89. The number of hydrogen-bond donors (Lipinski definition) is 0. The molecule has 16 heavy (non-hydrogen) atoms. The van der Waals surface area contributed by atoms with Gasteiger partial charge in [-0.25, -0.2) is 0 Å². The van der Waals surface area contributed by atoms with E-state index in [-0.39, 0.29) is 0 Å². The molecule has 0 N–H and O–H groups in total. The van der Waals surface area contributed by atoms with E-state index in [1.54, 1.807) is 4.68 Å². The molecule has 3 heteroatoms. The number of carbonyl (C=O) groups is 1. The third-order valence-electron chi connectivity index (χ3n) is 2.58. The summed E-state index contributed by atoms with van der Waals surface area (Å²) in [6.45, 7) is 4.73. The van der Waals surface area contributed by atoms with Crippen LogP contribution in [0.25, 0.3) is 11.3 Å². The van der Waals surface area contributed by atoms with Gasteiger partial charge in [-0.15, -0.1) is 0 Å². The van der Waals surface area contributed by atoms with E-state index in [4.69, 9.17) is 0 Å². The maximum Gasteiger partial charge on any atom is 0.168 e. The summed E-state index contributed by atoms with van der Waals surface area (Å²) in [5.74, 6) is 0. The van der Waals surface area contributed by atoms with Crippen LogP contribution >= 0.6 is 0 Å². The van der Waals surface area contributed by atoms with Crippen LogP contribution in [0.1, 0.15) is 23.0 Å². The molecule has 1 aromatic heterocycles. The minimum Gasteiger partial charge on any atom is -0.296 e. The van der Waals surface area contributed by atoms with Crippen molar-refractivity contribution in [3.8, 4) is 11.3 Å². The molecule has 1 heterocycles. The van der Waals surface area contributed by atoms with Crippen molar-refractivity contribution in [2.75, 3.05) is 0 Å². The number of carbonyl (C=O) groups excluding carboxylic acids is 1. The smallest absolute Gasteiger partial charge is 0.168 e. The van der Waals surface area contributed by atoms with Crippen molar-refractivity contribution in [3.63, 3.8) is 0 Å². The maximum atomic E-state index is 10.8. The van der Waals surface area contributed by atoms with Crippen molar-refractivity contribution in [1.29, 1.82) is 0 Å². The van der Waals surface area contributed by atoms with Gasteiger partial charge in [-0.3, -0.25) is 9.48 Å². The van der Waals surface area contributed by atoms with Crippen LogP contribution in [0.3, 0.4) is 0 Å². The van der Waals surface area contributed by atoms with Crippen LogP contribution in [-0.2, 0) is 6.54 Å². The predicted octanol–water partition coefficient (Wildman–Crippen LogP) is 2.69. The summed E-state index contributed by atoms with van der Waals surface area (Å²) >= 11 is 0. The van der Waals surface area contributed by atoms with Gasteiger partial charge in [-0.1, -0.05) is 29.8 Å². The van der Waals surface area contributed by atoms with Crippen LogP contribution in [0.5, 0.6) is 0 Å². The monoisotopic (exact) mass is 214 g/mol. The molecule has 0 bridgehead atoms. The molecule has 2 rings (SSSR count). The van der Waals surface area contributed by atoms with E-state index in [9.17, 15) is 4.79 Å². The van der Waals surface area contributed by atoms with Crippen LogP contribution in [0, 0.1) is 6.92 Å². The highest BCUT2D eigenvalue weighted by Crippen LogP contribution is 2.19. The van der Waals surface area contributed by atoms with Crippen LogP contribution in [-0.4, -0.2) is 16.1 Å². The molecule has 2 aromatic rings. The molecule has 0 fully saturated rings. The van der Waals surface area contributed by atoms with Gasteiger partial charge in [-0.2, -0.15) is 5.10 Å². The molecule has 0 amide bonds. The lowest BCUT2D eigenvalue weighted by Crippen LogP contribution is -2.00. The van der Waals surface area contributed by atoms with Crippen LogP contribution < -0.4 is 0 Å². The van der Waals surface area contributed by atoms with Gasteiger partial charge in [0.1, 0.15) is 5.69 Å². The molecule has 0 spiro atoms. The van der Waals surface area contributed by atoms with E-state index in [1.807, 2.05) is 44.2 Å². The van der Waals surface area contributed by atoms with Crippen LogP contribution in [0.4, 0.5) is 0 Å². The van der Waals surface area contributed by atoms with E-state index in [0.29, 0.717) is 12.2 Å². The lowest BCUT2D eigenvalue weighted by Gasteiger charge is -1.98. The maximum absolute atomic E-state index is 10.8. The topological polar surface area (TPSA) is 34.9 Å². The first-order chi connectivity index (χ1) is 7.74. The summed E-state index contributed by atoms with van der Waals surface area (Å²) < 4.78 is 1.71. The lowest BCUT2D eigenvalue weighted by atomic mass is 10.1. The minimum atomic E-state index is 0.623. The Hall–Kier alpha value is -1.90. The van der Waals surface area contributed by atoms with Crippen molar-refractivity contribution in [2.24, 2.45) is 0 Å². The standard InChI is InChI=1S/C13H14N2O/c1-3-15-12(9-16)8-13(14-15)11-6-4-10(2)5-7-11/h4-9H,3H2,1-2H3. The lowest BCUT2D eigenvalue weighted by molar-refractivity contribution is 0.111. The number of aromatic nitrogens is 2. The molecule has 0 radical (unpaired) electrons. The van der Waals surface area contributed by atoms with Gasteiger partial charge >= 0.3 is 0 Å². The second-order valence-electron chi connectivity index (χ2n) is 3.75. The predicted molar refractivity (Wildman–Crippen MR) is 63.5 cm³/mol. The second-order valence-corrected chi connectivity index (χ2v) is 3.75. The Morgan fingerprint density at radius 2 is 2.00 bits per heavy atom. The average Bonchev–Trinajstić information content (AvgIpc) is 2.73. The quantitative estimate of drug-likeness (QED) is 0.736. The van der Waals surface area contributed by atoms with Gasteiger partial charge in [0.2, 0.25) is 0 Å². The highest BCUT2D eigenvalue weighted by atomic mass is 16.1. The minimum absolute atomic E-state index is 0.623. The number of aldehydes is 1.